The van der Waals surface area contributed by atoms with E-state index in [0.717, 1.165) is 32.1 Å². The Morgan fingerprint density at radius 2 is 1.28 bits per heavy atom. The Labute approximate surface area is 324 Å². The number of nitrogens with one attached hydrogen (secondary N) is 1. The number of amides is 1. The molecule has 1 amide bonds. The third kappa shape index (κ3) is 36.9. The molecule has 0 aromatic carbocycles. The van der Waals surface area contributed by atoms with E-state index in [9.17, 15) is 24.5 Å². The van der Waals surface area contributed by atoms with E-state index >= 15 is 0 Å². The first kappa shape index (κ1) is 51.2. The first-order valence-electron chi connectivity index (χ1n) is 20.8. The molecule has 0 rings (SSSR count). The maximum atomic E-state index is 12.8. The number of rotatable bonds is 36. The van der Waals surface area contributed by atoms with Gasteiger partial charge in [0.15, 0.2) is 0 Å². The molecule has 9 nitrogen and oxygen atoms in total. The minimum atomic E-state index is -4.62. The summed E-state index contributed by atoms with van der Waals surface area (Å²) in [4.78, 5) is 25.2. The highest BCUT2D eigenvalue weighted by molar-refractivity contribution is 7.45. The van der Waals surface area contributed by atoms with E-state index in [-0.39, 0.29) is 18.9 Å². The van der Waals surface area contributed by atoms with Gasteiger partial charge in [0.1, 0.15) is 13.2 Å². The number of carbonyl (C=O) groups excluding carboxylic acids is 1. The topological polar surface area (TPSA) is 128 Å². The van der Waals surface area contributed by atoms with Gasteiger partial charge < -0.3 is 34.0 Å². The largest absolute Gasteiger partial charge is 0.756 e. The molecule has 0 radical (unpaired) electrons. The second-order valence-corrected chi connectivity index (χ2v) is 16.6. The van der Waals surface area contributed by atoms with Crippen LogP contribution in [0.2, 0.25) is 0 Å². The van der Waals surface area contributed by atoms with Gasteiger partial charge in [0.05, 0.1) is 46.0 Å². The molecule has 0 saturated carbocycles. The molecule has 3 N–H and O–H groups in total. The van der Waals surface area contributed by atoms with Crippen molar-refractivity contribution in [1.29, 1.82) is 0 Å². The summed E-state index contributed by atoms with van der Waals surface area (Å²) in [6, 6.07) is -0.948. The van der Waals surface area contributed by atoms with Crippen LogP contribution in [0.25, 0.3) is 0 Å². The van der Waals surface area contributed by atoms with Crippen LogP contribution < -0.4 is 10.2 Å². The number of likely N-dealkylation sites (N-methyl/N-ethyl adjacent to an activating group) is 1. The number of hydrogen-bond acceptors (Lipinski definition) is 7. The second kappa shape index (κ2) is 34.6. The van der Waals surface area contributed by atoms with Gasteiger partial charge in [-0.1, -0.05) is 152 Å². The van der Waals surface area contributed by atoms with Crippen LogP contribution >= 0.6 is 7.82 Å². The summed E-state index contributed by atoms with van der Waals surface area (Å²) in [7, 11) is 1.16. The summed E-state index contributed by atoms with van der Waals surface area (Å²) in [5, 5.41) is 23.8. The average molecular weight is 767 g/mol. The van der Waals surface area contributed by atoms with E-state index in [0.29, 0.717) is 30.3 Å². The highest BCUT2D eigenvalue weighted by Crippen LogP contribution is 2.38. The van der Waals surface area contributed by atoms with E-state index in [1.165, 1.54) is 77.0 Å². The molecule has 0 aliphatic heterocycles. The summed E-state index contributed by atoms with van der Waals surface area (Å²) in [5.74, 6) is -0.301. The molecule has 10 heteroatoms. The third-order valence-corrected chi connectivity index (χ3v) is 9.77. The molecular formula is C43H79N2O7P. The van der Waals surface area contributed by atoms with Gasteiger partial charge >= 0.3 is 0 Å². The minimum absolute atomic E-state index is 0.0292. The van der Waals surface area contributed by atoms with Gasteiger partial charge in [-0.05, 0) is 51.4 Å². The Morgan fingerprint density at radius 1 is 0.717 bits per heavy atom. The highest BCUT2D eigenvalue weighted by atomic mass is 31.2. The number of phosphoric ester groups is 1. The number of quaternary nitrogens is 1. The lowest BCUT2D eigenvalue weighted by atomic mass is 10.0. The monoisotopic (exact) mass is 767 g/mol. The third-order valence-electron chi connectivity index (χ3n) is 8.80. The molecule has 308 valence electrons. The van der Waals surface area contributed by atoms with Crippen LogP contribution in [0.1, 0.15) is 149 Å². The van der Waals surface area contributed by atoms with Crippen LogP contribution in [-0.4, -0.2) is 79.8 Å². The zero-order valence-corrected chi connectivity index (χ0v) is 35.2. The van der Waals surface area contributed by atoms with Gasteiger partial charge in [-0.15, -0.1) is 0 Å². The summed E-state index contributed by atoms with van der Waals surface area (Å²) in [5.41, 5.74) is 0. The predicted octanol–water partition coefficient (Wildman–Crippen LogP) is 9.41. The zero-order valence-electron chi connectivity index (χ0n) is 34.3. The molecule has 53 heavy (non-hydrogen) atoms. The van der Waals surface area contributed by atoms with Gasteiger partial charge in [0.25, 0.3) is 7.82 Å². The maximum absolute atomic E-state index is 12.8. The molecule has 0 aromatic heterocycles. The van der Waals surface area contributed by atoms with Crippen molar-refractivity contribution < 1.29 is 38.0 Å². The number of nitrogens with zero attached hydrogens (tertiary/aromatic N) is 1. The molecule has 0 heterocycles. The van der Waals surface area contributed by atoms with Gasteiger partial charge in [0.2, 0.25) is 5.91 Å². The Bertz CT molecular complexity index is 1070. The molecule has 4 atom stereocenters. The van der Waals surface area contributed by atoms with Gasteiger partial charge in [-0.25, -0.2) is 0 Å². The lowest BCUT2D eigenvalue weighted by Gasteiger charge is -2.29. The lowest BCUT2D eigenvalue weighted by molar-refractivity contribution is -0.870. The highest BCUT2D eigenvalue weighted by Gasteiger charge is 2.23. The number of aliphatic hydroxyl groups excluding tert-OH is 2. The second-order valence-electron chi connectivity index (χ2n) is 15.2. The smallest absolute Gasteiger partial charge is 0.268 e. The Morgan fingerprint density at radius 3 is 1.94 bits per heavy atom. The Hall–Kier alpha value is -1.84. The lowest BCUT2D eigenvalue weighted by Crippen LogP contribution is -2.45. The van der Waals surface area contributed by atoms with E-state index in [4.69, 9.17) is 9.05 Å². The fourth-order valence-electron chi connectivity index (χ4n) is 5.40. The molecule has 2 unspecified atom stereocenters. The van der Waals surface area contributed by atoms with Crippen molar-refractivity contribution in [2.24, 2.45) is 0 Å². The molecule has 0 aliphatic rings. The van der Waals surface area contributed by atoms with Crippen LogP contribution in [-0.2, 0) is 18.4 Å². The minimum Gasteiger partial charge on any atom is -0.756 e. The van der Waals surface area contributed by atoms with Crippen LogP contribution in [0.5, 0.6) is 0 Å². The number of unbranched alkanes of at least 4 members (excludes halogenated alkanes) is 15. The first-order chi connectivity index (χ1) is 25.4. The number of phosphoric acid groups is 1. The van der Waals surface area contributed by atoms with Crippen molar-refractivity contribution in [3.63, 3.8) is 0 Å². The van der Waals surface area contributed by atoms with Crippen molar-refractivity contribution in [3.05, 3.63) is 60.8 Å². The van der Waals surface area contributed by atoms with Crippen molar-refractivity contribution in [2.75, 3.05) is 40.9 Å². The van der Waals surface area contributed by atoms with Crippen molar-refractivity contribution in [2.45, 2.75) is 167 Å². The van der Waals surface area contributed by atoms with E-state index < -0.39 is 32.7 Å². The normalized spacial score (nSPS) is 15.7. The van der Waals surface area contributed by atoms with E-state index in [1.54, 1.807) is 12.2 Å². The van der Waals surface area contributed by atoms with Gasteiger partial charge in [-0.2, -0.15) is 0 Å². The molecule has 0 saturated heterocycles. The summed E-state index contributed by atoms with van der Waals surface area (Å²) < 4.78 is 23.1. The molecule has 0 aromatic rings. The van der Waals surface area contributed by atoms with Crippen molar-refractivity contribution >= 4 is 13.7 Å². The predicted molar refractivity (Wildman–Crippen MR) is 220 cm³/mol. The molecule has 0 fully saturated rings. The average Bonchev–Trinajstić information content (AvgIpc) is 3.10. The number of hydrogen-bond donors (Lipinski definition) is 3. The van der Waals surface area contributed by atoms with Gasteiger partial charge in [0, 0.05) is 6.42 Å². The van der Waals surface area contributed by atoms with Crippen LogP contribution in [0.3, 0.4) is 0 Å². The Kier molecular flexibility index (Phi) is 33.4. The Balaban J connectivity index is 4.70. The van der Waals surface area contributed by atoms with E-state index in [2.05, 4.69) is 37.4 Å². The van der Waals surface area contributed by atoms with Gasteiger partial charge in [-0.3, -0.25) is 9.36 Å². The molecular weight excluding hydrogens is 687 g/mol. The summed E-state index contributed by atoms with van der Waals surface area (Å²) >= 11 is 0. The van der Waals surface area contributed by atoms with Crippen LogP contribution in [0.4, 0.5) is 0 Å². The number of aliphatic hydroxyl groups is 2. The van der Waals surface area contributed by atoms with E-state index in [1.807, 2.05) is 51.5 Å². The summed E-state index contributed by atoms with van der Waals surface area (Å²) in [6.45, 7) is 4.46. The maximum Gasteiger partial charge on any atom is 0.268 e. The van der Waals surface area contributed by atoms with Crippen molar-refractivity contribution in [3.8, 4) is 0 Å². The first-order valence-corrected chi connectivity index (χ1v) is 22.2. The molecule has 0 aliphatic carbocycles. The van der Waals surface area contributed by atoms with Crippen molar-refractivity contribution in [1.82, 2.24) is 5.32 Å². The molecule has 0 spiro atoms. The number of carbonyl (C=O) groups is 1. The molecule has 0 bridgehead atoms. The standard InChI is InChI=1S/C43H79N2O7P/c1-6-8-10-12-14-16-17-18-19-21-23-27-31-35-42(47)41(39-52-53(49,50)51-38-37-45(3,4)5)44-43(48)36-32-28-24-26-30-34-40(46)33-29-25-22-20-15-13-11-9-7-2/h15,20,24-26,29-31,34-35,40-42,46-47H,6-14,16-19,21-23,27-28,32-33,36-39H2,1-5H3,(H-,44,48,49,50)/b20-15-,26-24+,29-25-,34-30-,35-31+/t40?,41-,42+/m0/s1. The fraction of sp³-hybridized carbons (Fsp3) is 0.744. The SMILES string of the molecule is CCCCC/C=C\C/C=C\CC(O)/C=C\C=C\CCCC(=O)N[C@@H](COP(=O)([O-])OCC[N+](C)(C)C)[C@H](O)/C=C/CCCCCCCCCCCCC. The number of allylic oxidation sites excluding steroid dienone is 7. The fourth-order valence-corrected chi connectivity index (χ4v) is 6.12. The quantitative estimate of drug-likeness (QED) is 0.0191. The van der Waals surface area contributed by atoms with Crippen LogP contribution in [0.15, 0.2) is 60.8 Å². The zero-order chi connectivity index (χ0) is 39.5. The van der Waals surface area contributed by atoms with Crippen LogP contribution in [0, 0.1) is 0 Å². The summed E-state index contributed by atoms with van der Waals surface area (Å²) in [6.07, 6.45) is 40.0.